The van der Waals surface area contributed by atoms with Crippen molar-refractivity contribution in [2.24, 2.45) is 0 Å². The zero-order chi connectivity index (χ0) is 81.1. The Labute approximate surface area is 667 Å². The molecular weight excluding hydrogens is 1610 g/mol. The van der Waals surface area contributed by atoms with E-state index in [0.717, 1.165) is 69.4 Å². The number of nitro groups is 1. The Bertz CT molecular complexity index is 5560. The third-order valence-electron chi connectivity index (χ3n) is 16.0. The Hall–Kier alpha value is -12.0. The zero-order valence-corrected chi connectivity index (χ0v) is 64.1. The van der Waals surface area contributed by atoms with Crippen LogP contribution < -0.4 is 27.0 Å². The Morgan fingerprint density at radius 3 is 1.15 bits per heavy atom. The molecule has 0 atom stereocenters. The average molecular weight is 1670 g/mol. The molecule has 12 aromatic rings. The van der Waals surface area contributed by atoms with Crippen molar-refractivity contribution in [3.05, 3.63) is 264 Å². The van der Waals surface area contributed by atoms with Gasteiger partial charge in [0.2, 0.25) is 0 Å². The van der Waals surface area contributed by atoms with Crippen molar-refractivity contribution < 1.29 is 77.2 Å². The SMILES string of the molecule is Cc1noc(C)c1-c1cc(Cl)c(Nc2ccc(CC(=O)/C=C/C(=O)O)cc2C(=O)O)c(Cl)c1.Cc1noc(C)c1-c1cc(Cl)c(Nc2ccc(N)cc2C(=O)O)c(Cl)c1.Cc1noc(C)c1-c1cc(Cl)c(Nc2ccc([N+](=O)[O-])cc2C(=O)O)c(Cl)c1.O=C(O)c1cc(F)ccc1Nc1c(Cl)cc(-c2cn[nH]c2)cc1Cl. The number of nitrogens with one attached hydrogen (secondary N) is 5. The number of halogens is 9. The first-order valence-electron chi connectivity index (χ1n) is 31.8. The Morgan fingerprint density at radius 1 is 0.468 bits per heavy atom. The predicted molar refractivity (Wildman–Crippen MR) is 422 cm³/mol. The molecule has 0 amide bonds. The third-order valence-corrected chi connectivity index (χ3v) is 18.4. The van der Waals surface area contributed by atoms with Gasteiger partial charge in [-0.1, -0.05) is 114 Å². The number of carboxylic acids is 5. The first-order chi connectivity index (χ1) is 52.5. The minimum absolute atomic E-state index is 0.0203. The number of ketones is 1. The summed E-state index contributed by atoms with van der Waals surface area (Å²) in [6.07, 6.45) is 4.81. The van der Waals surface area contributed by atoms with E-state index in [4.69, 9.17) is 117 Å². The summed E-state index contributed by atoms with van der Waals surface area (Å²) in [5.74, 6) is -5.44. The van der Waals surface area contributed by atoms with Crippen molar-refractivity contribution in [3.63, 3.8) is 0 Å². The molecule has 12 N–H and O–H groups in total. The fourth-order valence-corrected chi connectivity index (χ4v) is 13.3. The predicted octanol–water partition coefficient (Wildman–Crippen LogP) is 21.3. The van der Waals surface area contributed by atoms with Crippen molar-refractivity contribution in [2.75, 3.05) is 27.0 Å². The van der Waals surface area contributed by atoms with Crippen LogP contribution in [-0.4, -0.2) is 91.8 Å². The smallest absolute Gasteiger partial charge is 0.338 e. The number of allylic oxidation sites excluding steroid dienone is 1. The number of rotatable bonds is 21. The van der Waals surface area contributed by atoms with Crippen LogP contribution >= 0.6 is 92.8 Å². The van der Waals surface area contributed by atoms with Crippen molar-refractivity contribution in [3.8, 4) is 44.5 Å². The van der Waals surface area contributed by atoms with E-state index in [0.29, 0.717) is 93.9 Å². The number of H-pyrrole nitrogens is 1. The molecule has 0 unspecified atom stereocenters. The van der Waals surface area contributed by atoms with Crippen molar-refractivity contribution >= 4 is 185 Å². The number of carbonyl (C=O) groups is 6. The summed E-state index contributed by atoms with van der Waals surface area (Å²) in [6.45, 7) is 10.7. The molecule has 0 aliphatic heterocycles. The van der Waals surface area contributed by atoms with Gasteiger partial charge in [-0.25, -0.2) is 28.4 Å². The lowest BCUT2D eigenvalue weighted by molar-refractivity contribution is -0.384. The summed E-state index contributed by atoms with van der Waals surface area (Å²) in [7, 11) is 0. The number of aliphatic carboxylic acids is 1. The molecule has 27 nitrogen and oxygen atoms in total. The number of non-ortho nitro benzene ring substituents is 1. The lowest BCUT2D eigenvalue weighted by atomic mass is 10.0. The number of aromatic carboxylic acids is 4. The molecule has 0 radical (unpaired) electrons. The fraction of sp³-hybridized carbons (Fsp3) is 0.0933. The van der Waals surface area contributed by atoms with Gasteiger partial charge >= 0.3 is 29.8 Å². The number of carbonyl (C=O) groups excluding carboxylic acids is 1. The second kappa shape index (κ2) is 36.0. The number of hydrogen-bond donors (Lipinski definition) is 11. The highest BCUT2D eigenvalue weighted by molar-refractivity contribution is 6.42. The maximum Gasteiger partial charge on any atom is 0.338 e. The van der Waals surface area contributed by atoms with Gasteiger partial charge in [0.1, 0.15) is 23.1 Å². The molecule has 111 heavy (non-hydrogen) atoms. The topological polar surface area (TPSA) is 428 Å². The summed E-state index contributed by atoms with van der Waals surface area (Å²) < 4.78 is 28.8. The van der Waals surface area contributed by atoms with Crippen LogP contribution in [0, 0.1) is 57.5 Å². The van der Waals surface area contributed by atoms with Crippen molar-refractivity contribution in [2.45, 2.75) is 48.0 Å². The first-order valence-corrected chi connectivity index (χ1v) is 34.8. The zero-order valence-electron chi connectivity index (χ0n) is 58.0. The first kappa shape index (κ1) is 83.1. The molecule has 12 rings (SSSR count). The Balaban J connectivity index is 0.000000171. The van der Waals surface area contributed by atoms with Gasteiger partial charge in [0.05, 0.1) is 136 Å². The number of anilines is 9. The summed E-state index contributed by atoms with van der Waals surface area (Å²) in [5.41, 5.74) is 15.8. The van der Waals surface area contributed by atoms with Gasteiger partial charge in [-0.2, -0.15) is 5.10 Å². The minimum atomic E-state index is -1.33. The molecule has 0 saturated heterocycles. The molecule has 0 aliphatic rings. The maximum absolute atomic E-state index is 13.3. The lowest BCUT2D eigenvalue weighted by Crippen LogP contribution is -2.06. The molecule has 0 bridgehead atoms. The second-order valence-electron chi connectivity index (χ2n) is 23.7. The molecule has 570 valence electrons. The van der Waals surface area contributed by atoms with Crippen molar-refractivity contribution in [1.82, 2.24) is 25.7 Å². The number of aromatic nitrogens is 5. The van der Waals surface area contributed by atoms with Gasteiger partial charge in [-0.3, -0.25) is 20.0 Å². The lowest BCUT2D eigenvalue weighted by Gasteiger charge is -2.15. The number of benzene rings is 8. The van der Waals surface area contributed by atoms with Crippen LogP contribution in [0.5, 0.6) is 0 Å². The molecular formula is C75H56Cl8FN11O16. The van der Waals surface area contributed by atoms with E-state index in [1.54, 1.807) is 114 Å². The number of carboxylic acid groups (broad SMARTS) is 5. The number of aryl methyl sites for hydroxylation is 6. The molecule has 0 spiro atoms. The second-order valence-corrected chi connectivity index (χ2v) is 27.0. The van der Waals surface area contributed by atoms with E-state index in [1.807, 2.05) is 6.92 Å². The van der Waals surface area contributed by atoms with Gasteiger partial charge in [-0.15, -0.1) is 0 Å². The van der Waals surface area contributed by atoms with Gasteiger partial charge < -0.3 is 66.1 Å². The van der Waals surface area contributed by atoms with Crippen LogP contribution in [0.25, 0.3) is 44.5 Å². The van der Waals surface area contributed by atoms with E-state index < -0.39 is 46.4 Å². The molecule has 0 fully saturated rings. The van der Waals surface area contributed by atoms with Crippen LogP contribution in [0.4, 0.5) is 61.3 Å². The Kier molecular flexibility index (Phi) is 27.0. The van der Waals surface area contributed by atoms with Crippen LogP contribution in [0.2, 0.25) is 40.2 Å². The van der Waals surface area contributed by atoms with Crippen LogP contribution in [0.3, 0.4) is 0 Å². The highest BCUT2D eigenvalue weighted by Gasteiger charge is 2.25. The quantitative estimate of drug-likeness (QED) is 0.0138. The standard InChI is InChI=1S/C23H18Cl2N2O6.C18H13Cl2N3O5.C18H15Cl2N3O3.C16H10Cl2FN3O2/c1-11-21(12(2)33-27-11)14-9-17(24)22(18(25)10-14)26-19-5-3-13(8-16(19)23(31)32)7-15(28)4-6-20(29)30;1-8-16(9(2)28-22-8)10-5-13(19)17(14(20)6-10)21-15-4-3-11(23(26)27)7-12(15)18(24)25;1-8-16(9(2)26-23-8)10-5-13(19)17(14(20)6-10)22-15-4-3-11(21)7-12(15)18(24)25;17-12-3-8(9-6-20-21-7-9)4-13(18)15(12)22-14-2-1-10(19)5-11(14)16(23)24/h3-6,8-10,26H,7H2,1-2H3,(H,29,30)(H,31,32);3-7,21H,1-2H3,(H,24,25);3-7,22H,21H2,1-2H3,(H,24,25);1-7,22H,(H,20,21)(H,23,24)/b6-4+;;;. The summed E-state index contributed by atoms with van der Waals surface area (Å²) in [5, 5.41) is 89.2. The summed E-state index contributed by atoms with van der Waals surface area (Å²) in [6, 6.07) is 29.1. The number of nitro benzene ring substituents is 1. The van der Waals surface area contributed by atoms with Crippen LogP contribution in [0.15, 0.2) is 159 Å². The third kappa shape index (κ3) is 20.3. The Morgan fingerprint density at radius 2 is 0.811 bits per heavy atom. The number of nitrogens with zero attached hydrogens (tertiary/aromatic N) is 5. The van der Waals surface area contributed by atoms with Gasteiger partial charge in [0, 0.05) is 58.8 Å². The molecule has 4 heterocycles. The monoisotopic (exact) mass is 1670 g/mol. The van der Waals surface area contributed by atoms with E-state index in [-0.39, 0.29) is 77.2 Å². The highest BCUT2D eigenvalue weighted by atomic mass is 35.5. The molecule has 4 aromatic heterocycles. The molecule has 8 aromatic carbocycles. The number of aromatic amines is 1. The van der Waals surface area contributed by atoms with Crippen molar-refractivity contribution in [1.29, 1.82) is 0 Å². The maximum atomic E-state index is 13.3. The largest absolute Gasteiger partial charge is 0.478 e. The van der Waals surface area contributed by atoms with Gasteiger partial charge in [0.25, 0.3) is 5.69 Å². The summed E-state index contributed by atoms with van der Waals surface area (Å²) in [4.78, 5) is 78.7. The van der Waals surface area contributed by atoms with E-state index >= 15 is 0 Å². The molecule has 0 saturated carbocycles. The minimum Gasteiger partial charge on any atom is -0.478 e. The normalized spacial score (nSPS) is 10.8. The number of hydrogen-bond acceptors (Lipinski definition) is 20. The average Bonchev–Trinajstić information content (AvgIpc) is 1.63. The summed E-state index contributed by atoms with van der Waals surface area (Å²) >= 11 is 51.0. The van der Waals surface area contributed by atoms with E-state index in [2.05, 4.69) is 46.9 Å². The van der Waals surface area contributed by atoms with Crippen LogP contribution in [0.1, 0.15) is 81.4 Å². The number of nitrogen functional groups attached to an aromatic ring is 1. The molecule has 36 heteroatoms. The van der Waals surface area contributed by atoms with Gasteiger partial charge in [-0.05, 0) is 179 Å². The van der Waals surface area contributed by atoms with E-state index in [1.165, 1.54) is 36.4 Å². The van der Waals surface area contributed by atoms with E-state index in [9.17, 15) is 63.7 Å². The fourth-order valence-electron chi connectivity index (χ4n) is 11.0. The highest BCUT2D eigenvalue weighted by Crippen LogP contribution is 2.45. The van der Waals surface area contributed by atoms with Crippen LogP contribution in [-0.2, 0) is 16.0 Å². The van der Waals surface area contributed by atoms with Gasteiger partial charge in [0.15, 0.2) is 5.78 Å². The number of nitrogens with two attached hydrogens (primary N) is 1. The molecule has 0 aliphatic carbocycles.